The van der Waals surface area contributed by atoms with E-state index in [9.17, 15) is 0 Å². The summed E-state index contributed by atoms with van der Waals surface area (Å²) in [6.45, 7) is 2.03. The lowest BCUT2D eigenvalue weighted by atomic mass is 10.1. The summed E-state index contributed by atoms with van der Waals surface area (Å²) >= 11 is 0. The second-order valence-corrected chi connectivity index (χ2v) is 4.00. The Hall–Kier alpha value is -1.22. The zero-order chi connectivity index (χ0) is 10.7. The van der Waals surface area contributed by atoms with E-state index in [1.165, 1.54) is 6.42 Å². The summed E-state index contributed by atoms with van der Waals surface area (Å²) in [5.41, 5.74) is 7.95. The zero-order valence-electron chi connectivity index (χ0n) is 9.15. The first kappa shape index (κ1) is 10.3. The Morgan fingerprint density at radius 1 is 1.40 bits per heavy atom. The third kappa shape index (κ3) is 2.23. The molecule has 0 amide bonds. The Labute approximate surface area is 90.8 Å². The number of nitrogens with zero attached hydrogens (tertiary/aromatic N) is 1. The van der Waals surface area contributed by atoms with E-state index in [1.54, 1.807) is 7.11 Å². The molecular weight excluding hydrogens is 188 g/mol. The van der Waals surface area contributed by atoms with E-state index in [-0.39, 0.29) is 0 Å². The van der Waals surface area contributed by atoms with Crippen molar-refractivity contribution in [1.82, 2.24) is 0 Å². The highest BCUT2D eigenvalue weighted by Crippen LogP contribution is 2.26. The summed E-state index contributed by atoms with van der Waals surface area (Å²) in [6, 6.07) is 8.03. The first-order valence-corrected chi connectivity index (χ1v) is 5.43. The van der Waals surface area contributed by atoms with Gasteiger partial charge in [-0.1, -0.05) is 12.1 Å². The van der Waals surface area contributed by atoms with Gasteiger partial charge in [-0.15, -0.1) is 0 Å². The molecule has 1 aromatic carbocycles. The molecule has 0 radical (unpaired) electrons. The van der Waals surface area contributed by atoms with Gasteiger partial charge in [-0.3, -0.25) is 0 Å². The molecule has 82 valence electrons. The molecule has 1 aromatic rings. The molecule has 3 nitrogen and oxygen atoms in total. The summed E-state index contributed by atoms with van der Waals surface area (Å²) in [4.78, 5) is 2.31. The average Bonchev–Trinajstić information content (AvgIpc) is 2.30. The lowest BCUT2D eigenvalue weighted by Gasteiger charge is -2.34. The van der Waals surface area contributed by atoms with Crippen molar-refractivity contribution >= 4 is 11.4 Å². The van der Waals surface area contributed by atoms with Crippen LogP contribution in [0, 0.1) is 0 Å². The van der Waals surface area contributed by atoms with Crippen molar-refractivity contribution in [2.24, 2.45) is 0 Å². The maximum Gasteiger partial charge on any atom is 0.0746 e. The van der Waals surface area contributed by atoms with Crippen molar-refractivity contribution in [2.75, 3.05) is 30.8 Å². The molecule has 1 aliphatic rings. The van der Waals surface area contributed by atoms with Crippen molar-refractivity contribution in [3.63, 3.8) is 0 Å². The number of piperidine rings is 1. The van der Waals surface area contributed by atoms with Crippen LogP contribution >= 0.6 is 0 Å². The van der Waals surface area contributed by atoms with E-state index < -0.39 is 0 Å². The Kier molecular flexibility index (Phi) is 3.11. The number of hydrogen-bond donors (Lipinski definition) is 1. The maximum atomic E-state index is 5.96. The van der Waals surface area contributed by atoms with Gasteiger partial charge in [0, 0.05) is 20.2 Å². The number of ether oxygens (including phenoxy) is 1. The molecular formula is C12H18N2O. The molecule has 3 heteroatoms. The van der Waals surface area contributed by atoms with Crippen molar-refractivity contribution in [3.8, 4) is 0 Å². The quantitative estimate of drug-likeness (QED) is 0.751. The number of rotatable bonds is 2. The van der Waals surface area contributed by atoms with Crippen LogP contribution in [0.5, 0.6) is 0 Å². The average molecular weight is 206 g/mol. The number of hydrogen-bond acceptors (Lipinski definition) is 3. The van der Waals surface area contributed by atoms with E-state index in [2.05, 4.69) is 11.0 Å². The predicted molar refractivity (Wildman–Crippen MR) is 63.1 cm³/mol. The first-order chi connectivity index (χ1) is 7.31. The summed E-state index contributed by atoms with van der Waals surface area (Å²) < 4.78 is 5.40. The lowest BCUT2D eigenvalue weighted by Crippen LogP contribution is -2.39. The van der Waals surface area contributed by atoms with Crippen LogP contribution in [-0.2, 0) is 4.74 Å². The molecule has 0 bridgehead atoms. The van der Waals surface area contributed by atoms with Gasteiger partial charge in [0.1, 0.15) is 0 Å². The molecule has 15 heavy (non-hydrogen) atoms. The molecule has 1 heterocycles. The van der Waals surface area contributed by atoms with E-state index in [4.69, 9.17) is 10.5 Å². The van der Waals surface area contributed by atoms with Gasteiger partial charge in [0.15, 0.2) is 0 Å². The summed E-state index contributed by atoms with van der Waals surface area (Å²) in [7, 11) is 1.78. The predicted octanol–water partition coefficient (Wildman–Crippen LogP) is 1.88. The Bertz CT molecular complexity index is 327. The number of benzene rings is 1. The van der Waals surface area contributed by atoms with Gasteiger partial charge in [0.05, 0.1) is 17.5 Å². The van der Waals surface area contributed by atoms with Crippen LogP contribution in [0.3, 0.4) is 0 Å². The summed E-state index contributed by atoms with van der Waals surface area (Å²) in [6.07, 6.45) is 2.67. The van der Waals surface area contributed by atoms with Gasteiger partial charge < -0.3 is 15.4 Å². The van der Waals surface area contributed by atoms with Crippen LogP contribution in [-0.4, -0.2) is 26.3 Å². The molecule has 1 atom stereocenters. The van der Waals surface area contributed by atoms with Gasteiger partial charge >= 0.3 is 0 Å². The normalized spacial score (nSPS) is 21.7. The lowest BCUT2D eigenvalue weighted by molar-refractivity contribution is 0.0894. The number of nitrogens with two attached hydrogens (primary N) is 1. The van der Waals surface area contributed by atoms with Gasteiger partial charge in [-0.2, -0.15) is 0 Å². The summed E-state index contributed by atoms with van der Waals surface area (Å²) in [5.74, 6) is 0. The SMILES string of the molecule is CO[C@H]1CCCN(c2ccccc2N)C1. The molecule has 0 spiro atoms. The molecule has 0 aromatic heterocycles. The van der Waals surface area contributed by atoms with Gasteiger partial charge in [0.2, 0.25) is 0 Å². The van der Waals surface area contributed by atoms with Gasteiger partial charge in [-0.05, 0) is 25.0 Å². The fourth-order valence-corrected chi connectivity index (χ4v) is 2.12. The van der Waals surface area contributed by atoms with Gasteiger partial charge in [0.25, 0.3) is 0 Å². The number of methoxy groups -OCH3 is 1. The van der Waals surface area contributed by atoms with Crippen LogP contribution in [0.2, 0.25) is 0 Å². The molecule has 1 fully saturated rings. The Morgan fingerprint density at radius 3 is 2.93 bits per heavy atom. The minimum Gasteiger partial charge on any atom is -0.397 e. The van der Waals surface area contributed by atoms with Crippen molar-refractivity contribution in [3.05, 3.63) is 24.3 Å². The van der Waals surface area contributed by atoms with Crippen molar-refractivity contribution in [1.29, 1.82) is 0 Å². The van der Waals surface area contributed by atoms with Crippen LogP contribution in [0.4, 0.5) is 11.4 Å². The van der Waals surface area contributed by atoms with Crippen LogP contribution in [0.25, 0.3) is 0 Å². The van der Waals surface area contributed by atoms with Crippen LogP contribution in [0.1, 0.15) is 12.8 Å². The van der Waals surface area contributed by atoms with E-state index >= 15 is 0 Å². The van der Waals surface area contributed by atoms with Crippen LogP contribution in [0.15, 0.2) is 24.3 Å². The van der Waals surface area contributed by atoms with Gasteiger partial charge in [-0.25, -0.2) is 0 Å². The fraction of sp³-hybridized carbons (Fsp3) is 0.500. The molecule has 1 saturated heterocycles. The zero-order valence-corrected chi connectivity index (χ0v) is 9.15. The van der Waals surface area contributed by atoms with Crippen molar-refractivity contribution in [2.45, 2.75) is 18.9 Å². The Morgan fingerprint density at radius 2 is 2.20 bits per heavy atom. The Balaban J connectivity index is 2.13. The van der Waals surface area contributed by atoms with E-state index in [0.29, 0.717) is 6.10 Å². The smallest absolute Gasteiger partial charge is 0.0746 e. The third-order valence-electron chi connectivity index (χ3n) is 2.99. The van der Waals surface area contributed by atoms with Crippen molar-refractivity contribution < 1.29 is 4.74 Å². The second kappa shape index (κ2) is 4.53. The highest BCUT2D eigenvalue weighted by molar-refractivity contribution is 5.67. The molecule has 0 unspecified atom stereocenters. The maximum absolute atomic E-state index is 5.96. The van der Waals surface area contributed by atoms with E-state index in [0.717, 1.165) is 30.9 Å². The number of nitrogen functional groups attached to an aromatic ring is 1. The summed E-state index contributed by atoms with van der Waals surface area (Å²) in [5, 5.41) is 0. The van der Waals surface area contributed by atoms with E-state index in [1.807, 2.05) is 18.2 Å². The fourth-order valence-electron chi connectivity index (χ4n) is 2.12. The molecule has 2 N–H and O–H groups in total. The highest BCUT2D eigenvalue weighted by atomic mass is 16.5. The van der Waals surface area contributed by atoms with Crippen LogP contribution < -0.4 is 10.6 Å². The molecule has 0 saturated carbocycles. The molecule has 0 aliphatic carbocycles. The minimum absolute atomic E-state index is 0.346. The highest BCUT2D eigenvalue weighted by Gasteiger charge is 2.20. The third-order valence-corrected chi connectivity index (χ3v) is 2.99. The standard InChI is InChI=1S/C12H18N2O/c1-15-10-5-4-8-14(9-10)12-7-3-2-6-11(12)13/h2-3,6-7,10H,4-5,8-9,13H2,1H3/t10-/m0/s1. The number of para-hydroxylation sites is 2. The monoisotopic (exact) mass is 206 g/mol. The largest absolute Gasteiger partial charge is 0.397 e. The molecule has 2 rings (SSSR count). The second-order valence-electron chi connectivity index (χ2n) is 4.00. The molecule has 1 aliphatic heterocycles. The first-order valence-electron chi connectivity index (χ1n) is 5.43. The topological polar surface area (TPSA) is 38.5 Å². The number of anilines is 2. The minimum atomic E-state index is 0.346.